The lowest BCUT2D eigenvalue weighted by Gasteiger charge is -2.30. The molecule has 2 rings (SSSR count). The number of hydrogen-bond acceptors (Lipinski definition) is 8. The van der Waals surface area contributed by atoms with Crippen molar-refractivity contribution >= 4 is 90.8 Å². The van der Waals surface area contributed by atoms with E-state index in [4.69, 9.17) is 24.4 Å². The zero-order valence-corrected chi connectivity index (χ0v) is 21.8. The number of thioether (sulfide) groups is 2. The van der Waals surface area contributed by atoms with Gasteiger partial charge in [0.15, 0.2) is 0 Å². The highest BCUT2D eigenvalue weighted by atomic mass is 32.2. The first kappa shape index (κ1) is 25.5. The molecule has 0 spiro atoms. The van der Waals surface area contributed by atoms with Crippen LogP contribution in [0.3, 0.4) is 0 Å². The highest BCUT2D eigenvalue weighted by Crippen LogP contribution is 2.20. The maximum atomic E-state index is 11.4. The first-order chi connectivity index (χ1) is 14.3. The fourth-order valence-electron chi connectivity index (χ4n) is 2.40. The highest BCUT2D eigenvalue weighted by molar-refractivity contribution is 8.23. The number of thiocarbonyl (C=S) groups is 2. The third-order valence-electron chi connectivity index (χ3n) is 3.81. The number of Topliss-reactive ketones (excluding diaryl/α,β-unsaturated/α-hetero) is 2. The third kappa shape index (κ3) is 9.57. The Labute approximate surface area is 205 Å². The van der Waals surface area contributed by atoms with Crippen molar-refractivity contribution in [3.63, 3.8) is 0 Å². The van der Waals surface area contributed by atoms with Gasteiger partial charge in [0.2, 0.25) is 0 Å². The second-order valence-corrected chi connectivity index (χ2v) is 11.8. The zero-order valence-electron chi connectivity index (χ0n) is 16.9. The molecule has 2 aromatic heterocycles. The molecule has 0 saturated carbocycles. The number of nitrogens with zero attached hydrogens (tertiary/aromatic N) is 2. The van der Waals surface area contributed by atoms with Gasteiger partial charge in [-0.3, -0.25) is 9.59 Å². The fraction of sp³-hybridized carbons (Fsp3) is 0.400. The molecule has 0 amide bonds. The van der Waals surface area contributed by atoms with Crippen LogP contribution in [0.15, 0.2) is 35.0 Å². The van der Waals surface area contributed by atoms with E-state index in [2.05, 4.69) is 32.7 Å². The molecule has 2 heterocycles. The van der Waals surface area contributed by atoms with Crippen molar-refractivity contribution in [3.05, 3.63) is 44.8 Å². The molecule has 0 atom stereocenters. The van der Waals surface area contributed by atoms with E-state index in [9.17, 15) is 9.59 Å². The van der Waals surface area contributed by atoms with E-state index in [0.29, 0.717) is 37.7 Å². The van der Waals surface area contributed by atoms with E-state index >= 15 is 0 Å². The molecule has 0 N–H and O–H groups in total. The van der Waals surface area contributed by atoms with Gasteiger partial charge in [0.05, 0.1) is 24.6 Å². The van der Waals surface area contributed by atoms with E-state index < -0.39 is 0 Å². The van der Waals surface area contributed by atoms with E-state index in [1.165, 1.54) is 33.3 Å². The Balaban J connectivity index is 2.06. The van der Waals surface area contributed by atoms with Crippen LogP contribution < -0.4 is 0 Å². The van der Waals surface area contributed by atoms with Crippen molar-refractivity contribution in [3.8, 4) is 0 Å². The Morgan fingerprint density at radius 3 is 1.53 bits per heavy atom. The largest absolute Gasteiger partial charge is 0.351 e. The van der Waals surface area contributed by atoms with Crippen LogP contribution in [-0.2, 0) is 22.7 Å². The number of thiophene rings is 2. The predicted octanol–water partition coefficient (Wildman–Crippen LogP) is 5.33. The zero-order chi connectivity index (χ0) is 21.9. The summed E-state index contributed by atoms with van der Waals surface area (Å²) in [5, 5.41) is 4.10. The Bertz CT molecular complexity index is 765. The lowest BCUT2D eigenvalue weighted by molar-refractivity contribution is -0.115. The maximum absolute atomic E-state index is 11.4. The van der Waals surface area contributed by atoms with Gasteiger partial charge in [0.1, 0.15) is 20.2 Å². The number of hydrogen-bond donors (Lipinski definition) is 0. The lowest BCUT2D eigenvalue weighted by atomic mass is 10.4. The summed E-state index contributed by atoms with van der Waals surface area (Å²) in [5.41, 5.74) is 0. The van der Waals surface area contributed by atoms with Crippen LogP contribution in [0, 0.1) is 0 Å². The van der Waals surface area contributed by atoms with E-state index in [-0.39, 0.29) is 11.6 Å². The van der Waals surface area contributed by atoms with Crippen molar-refractivity contribution in [1.29, 1.82) is 0 Å². The van der Waals surface area contributed by atoms with Gasteiger partial charge in [-0.15, -0.1) is 22.7 Å². The Hall–Kier alpha value is -0.780. The number of ketones is 2. The average molecular weight is 517 g/mol. The molecule has 0 aliphatic rings. The van der Waals surface area contributed by atoms with Gasteiger partial charge in [0.25, 0.3) is 0 Å². The second kappa shape index (κ2) is 13.6. The summed E-state index contributed by atoms with van der Waals surface area (Å²) in [5.74, 6) is 0.982. The Kier molecular flexibility index (Phi) is 11.5. The lowest BCUT2D eigenvalue weighted by Crippen LogP contribution is -2.38. The summed E-state index contributed by atoms with van der Waals surface area (Å²) in [6, 6.07) is 8.24. The quantitative estimate of drug-likeness (QED) is 0.371. The smallest absolute Gasteiger partial charge is 0.140 e. The van der Waals surface area contributed by atoms with E-state index in [1.807, 2.05) is 12.1 Å². The molecule has 30 heavy (non-hydrogen) atoms. The number of carbonyl (C=O) groups is 2. The molecular weight excluding hydrogens is 493 g/mol. The molecule has 0 saturated heterocycles. The van der Waals surface area contributed by atoms with Crippen molar-refractivity contribution < 1.29 is 9.59 Å². The molecule has 162 valence electrons. The monoisotopic (exact) mass is 516 g/mol. The predicted molar refractivity (Wildman–Crippen MR) is 141 cm³/mol. The van der Waals surface area contributed by atoms with Crippen LogP contribution >= 0.6 is 70.6 Å². The molecular formula is C20H24N2O2S6. The minimum absolute atomic E-state index is 0.111. The molecule has 0 radical (unpaired) electrons. The molecule has 4 nitrogen and oxygen atoms in total. The van der Waals surface area contributed by atoms with Crippen LogP contribution in [0.5, 0.6) is 0 Å². The van der Waals surface area contributed by atoms with E-state index in [1.54, 1.807) is 36.5 Å². The van der Waals surface area contributed by atoms with Crippen LogP contribution in [0.4, 0.5) is 0 Å². The maximum Gasteiger partial charge on any atom is 0.140 e. The molecule has 0 aliphatic heterocycles. The minimum Gasteiger partial charge on any atom is -0.351 e. The van der Waals surface area contributed by atoms with Crippen LogP contribution in [-0.4, -0.2) is 54.6 Å². The van der Waals surface area contributed by atoms with Crippen LogP contribution in [0.25, 0.3) is 0 Å². The summed E-state index contributed by atoms with van der Waals surface area (Å²) in [7, 11) is 0. The topological polar surface area (TPSA) is 40.6 Å². The molecule has 0 aliphatic carbocycles. The van der Waals surface area contributed by atoms with Gasteiger partial charge in [0, 0.05) is 22.8 Å². The average Bonchev–Trinajstić information content (AvgIpc) is 3.40. The SMILES string of the molecule is CC(=O)CSC(=S)N(CCN(Cc1cccs1)C(=S)SCC(C)=O)Cc1cccs1. The Morgan fingerprint density at radius 2 is 1.23 bits per heavy atom. The van der Waals surface area contributed by atoms with E-state index in [0.717, 1.165) is 8.64 Å². The molecule has 0 fully saturated rings. The van der Waals surface area contributed by atoms with Crippen molar-refractivity contribution in [2.24, 2.45) is 0 Å². The molecule has 10 heteroatoms. The summed E-state index contributed by atoms with van der Waals surface area (Å²) in [6.45, 7) is 5.95. The van der Waals surface area contributed by atoms with Gasteiger partial charge < -0.3 is 9.80 Å². The third-order valence-corrected chi connectivity index (χ3v) is 8.87. The number of carbonyl (C=O) groups excluding carboxylic acids is 2. The van der Waals surface area contributed by atoms with Gasteiger partial charge in [-0.25, -0.2) is 0 Å². The highest BCUT2D eigenvalue weighted by Gasteiger charge is 2.17. The van der Waals surface area contributed by atoms with Crippen LogP contribution in [0.1, 0.15) is 23.6 Å². The second-order valence-electron chi connectivity index (χ2n) is 6.52. The number of rotatable bonds is 11. The standard InChI is InChI=1S/C20H24N2O2S6/c1-15(23)13-29-19(25)21(11-17-5-3-9-27-17)7-8-22(12-18-6-4-10-28-18)20(26)30-14-16(2)24/h3-6,9-10H,7-8,11-14H2,1-2H3. The molecule has 2 aromatic rings. The molecule has 0 unspecified atom stereocenters. The van der Waals surface area contributed by atoms with Gasteiger partial charge in [-0.1, -0.05) is 60.1 Å². The summed E-state index contributed by atoms with van der Waals surface area (Å²) >= 11 is 17.5. The Morgan fingerprint density at radius 1 is 0.833 bits per heavy atom. The van der Waals surface area contributed by atoms with Crippen molar-refractivity contribution in [1.82, 2.24) is 9.80 Å². The minimum atomic E-state index is 0.111. The normalized spacial score (nSPS) is 10.6. The van der Waals surface area contributed by atoms with Gasteiger partial charge >= 0.3 is 0 Å². The van der Waals surface area contributed by atoms with Crippen molar-refractivity contribution in [2.75, 3.05) is 24.6 Å². The van der Waals surface area contributed by atoms with Gasteiger partial charge in [-0.05, 0) is 36.7 Å². The summed E-state index contributed by atoms with van der Waals surface area (Å²) < 4.78 is 1.44. The summed E-state index contributed by atoms with van der Waals surface area (Å²) in [4.78, 5) is 29.5. The molecule has 0 aromatic carbocycles. The first-order valence-corrected chi connectivity index (χ1v) is 13.8. The molecule has 0 bridgehead atoms. The van der Waals surface area contributed by atoms with Crippen LogP contribution in [0.2, 0.25) is 0 Å². The first-order valence-electron chi connectivity index (χ1n) is 9.22. The van der Waals surface area contributed by atoms with Crippen molar-refractivity contribution in [2.45, 2.75) is 26.9 Å². The van der Waals surface area contributed by atoms with Gasteiger partial charge in [-0.2, -0.15) is 0 Å². The fourth-order valence-corrected chi connectivity index (χ4v) is 5.84. The summed E-state index contributed by atoms with van der Waals surface area (Å²) in [6.07, 6.45) is 0.